The first-order chi connectivity index (χ1) is 8.64. The molecular formula is C10H9F2N5O. The molecule has 0 radical (unpaired) electrons. The number of alkyl halides is 2. The molecule has 0 spiro atoms. The van der Waals surface area contributed by atoms with Crippen molar-refractivity contribution in [2.45, 2.75) is 18.4 Å². The van der Waals surface area contributed by atoms with Gasteiger partial charge in [-0.15, -0.1) is 0 Å². The Kier molecular flexibility index (Phi) is 2.51. The van der Waals surface area contributed by atoms with Crippen molar-refractivity contribution in [3.8, 4) is 11.6 Å². The molecular weight excluding hydrogens is 244 g/mol. The normalized spacial score (nSPS) is 22.2. The smallest absolute Gasteiger partial charge is 0.262 e. The Morgan fingerprint density at radius 1 is 1.28 bits per heavy atom. The maximum atomic E-state index is 13.0. The Balaban J connectivity index is 1.83. The predicted octanol–water partition coefficient (Wildman–Crippen LogP) is 1.20. The average Bonchev–Trinajstić information content (AvgIpc) is 2.96. The van der Waals surface area contributed by atoms with Crippen LogP contribution in [0.15, 0.2) is 23.0 Å². The van der Waals surface area contributed by atoms with Crippen molar-refractivity contribution in [3.63, 3.8) is 0 Å². The lowest BCUT2D eigenvalue weighted by molar-refractivity contribution is 0.0200. The van der Waals surface area contributed by atoms with Crippen LogP contribution in [0.25, 0.3) is 11.6 Å². The van der Waals surface area contributed by atoms with E-state index >= 15 is 0 Å². The molecule has 0 amide bonds. The highest BCUT2D eigenvalue weighted by Crippen LogP contribution is 2.33. The summed E-state index contributed by atoms with van der Waals surface area (Å²) in [7, 11) is 0. The molecule has 0 unspecified atom stereocenters. The molecule has 1 saturated heterocycles. The molecule has 8 heteroatoms. The average molecular weight is 253 g/mol. The summed E-state index contributed by atoms with van der Waals surface area (Å²) < 4.78 is 31.0. The second kappa shape index (κ2) is 4.05. The van der Waals surface area contributed by atoms with Crippen LogP contribution in [-0.4, -0.2) is 32.6 Å². The Hall–Kier alpha value is -1.96. The third-order valence-electron chi connectivity index (χ3n) is 2.62. The minimum atomic E-state index is -2.73. The van der Waals surface area contributed by atoms with Gasteiger partial charge in [-0.2, -0.15) is 4.98 Å². The summed E-state index contributed by atoms with van der Waals surface area (Å²) in [4.78, 5) is 11.9. The number of hydrogen-bond acceptors (Lipinski definition) is 6. The molecule has 0 aliphatic carbocycles. The van der Waals surface area contributed by atoms with Crippen LogP contribution in [-0.2, 0) is 0 Å². The van der Waals surface area contributed by atoms with E-state index in [1.54, 1.807) is 18.5 Å². The second-order valence-electron chi connectivity index (χ2n) is 4.02. The quantitative estimate of drug-likeness (QED) is 0.866. The van der Waals surface area contributed by atoms with Crippen LogP contribution in [0, 0.1) is 0 Å². The van der Waals surface area contributed by atoms with Crippen LogP contribution in [0.2, 0.25) is 0 Å². The van der Waals surface area contributed by atoms with Gasteiger partial charge in [0.1, 0.15) is 0 Å². The zero-order valence-corrected chi connectivity index (χ0v) is 9.18. The monoisotopic (exact) mass is 253 g/mol. The first-order valence-corrected chi connectivity index (χ1v) is 5.36. The van der Waals surface area contributed by atoms with E-state index in [0.717, 1.165) is 0 Å². The molecule has 0 aromatic carbocycles. The first-order valence-electron chi connectivity index (χ1n) is 5.36. The van der Waals surface area contributed by atoms with Gasteiger partial charge in [-0.25, -0.2) is 18.7 Å². The first kappa shape index (κ1) is 11.1. The zero-order valence-electron chi connectivity index (χ0n) is 9.18. The van der Waals surface area contributed by atoms with Crippen molar-refractivity contribution in [2.75, 3.05) is 6.54 Å². The van der Waals surface area contributed by atoms with Gasteiger partial charge in [0.05, 0.1) is 12.6 Å². The summed E-state index contributed by atoms with van der Waals surface area (Å²) in [6.07, 6.45) is 2.74. The lowest BCUT2D eigenvalue weighted by Crippen LogP contribution is -2.19. The summed E-state index contributed by atoms with van der Waals surface area (Å²) in [6, 6.07) is 1.04. The number of halogens is 2. The predicted molar refractivity (Wildman–Crippen MR) is 55.6 cm³/mol. The van der Waals surface area contributed by atoms with E-state index < -0.39 is 12.0 Å². The summed E-state index contributed by atoms with van der Waals surface area (Å²) in [5.41, 5.74) is 0. The molecule has 0 bridgehead atoms. The minimum absolute atomic E-state index is 0.134. The Morgan fingerprint density at radius 2 is 2.06 bits per heavy atom. The van der Waals surface area contributed by atoms with Crippen LogP contribution >= 0.6 is 0 Å². The molecule has 1 aliphatic rings. The number of hydrogen-bond donors (Lipinski definition) is 1. The summed E-state index contributed by atoms with van der Waals surface area (Å²) >= 11 is 0. The summed E-state index contributed by atoms with van der Waals surface area (Å²) in [5, 5.41) is 6.32. The largest absolute Gasteiger partial charge is 0.337 e. The van der Waals surface area contributed by atoms with Gasteiger partial charge in [-0.1, -0.05) is 5.16 Å². The molecule has 6 nitrogen and oxygen atoms in total. The van der Waals surface area contributed by atoms with Crippen LogP contribution in [0.5, 0.6) is 0 Å². The lowest BCUT2D eigenvalue weighted by atomic mass is 10.2. The Labute approximate surface area is 100 Å². The third kappa shape index (κ3) is 2.06. The van der Waals surface area contributed by atoms with Crippen LogP contribution < -0.4 is 5.32 Å². The fraction of sp³-hybridized carbons (Fsp3) is 0.400. The van der Waals surface area contributed by atoms with Crippen LogP contribution in [0.4, 0.5) is 8.78 Å². The Morgan fingerprint density at radius 3 is 2.72 bits per heavy atom. The topological polar surface area (TPSA) is 76.7 Å². The van der Waals surface area contributed by atoms with Gasteiger partial charge in [0.2, 0.25) is 17.5 Å². The molecule has 94 valence electrons. The third-order valence-corrected chi connectivity index (χ3v) is 2.62. The zero-order chi connectivity index (χ0) is 12.6. The van der Waals surface area contributed by atoms with E-state index in [4.69, 9.17) is 4.52 Å². The van der Waals surface area contributed by atoms with Crippen molar-refractivity contribution >= 4 is 0 Å². The van der Waals surface area contributed by atoms with E-state index in [-0.39, 0.29) is 24.7 Å². The van der Waals surface area contributed by atoms with Gasteiger partial charge in [-0.05, 0) is 6.07 Å². The van der Waals surface area contributed by atoms with E-state index in [2.05, 4.69) is 25.4 Å². The highest BCUT2D eigenvalue weighted by Gasteiger charge is 2.42. The highest BCUT2D eigenvalue weighted by atomic mass is 19.3. The number of nitrogens with one attached hydrogen (secondary N) is 1. The lowest BCUT2D eigenvalue weighted by Gasteiger charge is -2.04. The van der Waals surface area contributed by atoms with E-state index in [0.29, 0.717) is 5.82 Å². The van der Waals surface area contributed by atoms with Crippen molar-refractivity contribution in [1.82, 2.24) is 25.4 Å². The standard InChI is InChI=1S/C10H9F2N5O/c11-10(12)4-6(15-5-10)9-16-8(17-18-9)7-13-2-1-3-14-7/h1-3,6,15H,4-5H2/t6-/m0/s1. The van der Waals surface area contributed by atoms with E-state index in [9.17, 15) is 8.78 Å². The number of aromatic nitrogens is 4. The summed E-state index contributed by atoms with van der Waals surface area (Å²) in [5.74, 6) is -2.10. The fourth-order valence-corrected chi connectivity index (χ4v) is 1.77. The summed E-state index contributed by atoms with van der Waals surface area (Å²) in [6.45, 7) is -0.378. The molecule has 1 aliphatic heterocycles. The van der Waals surface area contributed by atoms with Gasteiger partial charge in [0.25, 0.3) is 5.92 Å². The second-order valence-corrected chi connectivity index (χ2v) is 4.02. The van der Waals surface area contributed by atoms with Gasteiger partial charge >= 0.3 is 0 Å². The molecule has 0 saturated carbocycles. The van der Waals surface area contributed by atoms with Gasteiger partial charge in [0, 0.05) is 18.8 Å². The van der Waals surface area contributed by atoms with Gasteiger partial charge in [0.15, 0.2) is 0 Å². The van der Waals surface area contributed by atoms with Crippen molar-refractivity contribution in [2.24, 2.45) is 0 Å². The van der Waals surface area contributed by atoms with E-state index in [1.165, 1.54) is 0 Å². The van der Waals surface area contributed by atoms with E-state index in [1.807, 2.05) is 0 Å². The van der Waals surface area contributed by atoms with Crippen LogP contribution in [0.1, 0.15) is 18.4 Å². The molecule has 2 aromatic rings. The molecule has 18 heavy (non-hydrogen) atoms. The molecule has 3 heterocycles. The molecule has 3 rings (SSSR count). The minimum Gasteiger partial charge on any atom is -0.337 e. The molecule has 1 atom stereocenters. The maximum absolute atomic E-state index is 13.0. The molecule has 1 N–H and O–H groups in total. The highest BCUT2D eigenvalue weighted by molar-refractivity contribution is 5.40. The fourth-order valence-electron chi connectivity index (χ4n) is 1.77. The Bertz CT molecular complexity index is 544. The van der Waals surface area contributed by atoms with Gasteiger partial charge in [-0.3, -0.25) is 5.32 Å². The van der Waals surface area contributed by atoms with Crippen molar-refractivity contribution in [3.05, 3.63) is 24.4 Å². The van der Waals surface area contributed by atoms with Crippen molar-refractivity contribution in [1.29, 1.82) is 0 Å². The SMILES string of the molecule is FC1(F)CN[C@H](c2nc(-c3ncccn3)no2)C1. The van der Waals surface area contributed by atoms with Crippen molar-refractivity contribution < 1.29 is 13.3 Å². The van der Waals surface area contributed by atoms with Crippen LogP contribution in [0.3, 0.4) is 0 Å². The number of rotatable bonds is 2. The molecule has 2 aromatic heterocycles. The maximum Gasteiger partial charge on any atom is 0.262 e. The molecule has 1 fully saturated rings. The van der Waals surface area contributed by atoms with Gasteiger partial charge < -0.3 is 4.52 Å². The number of nitrogens with zero attached hydrogens (tertiary/aromatic N) is 4.